The summed E-state index contributed by atoms with van der Waals surface area (Å²) in [6, 6.07) is 12.4. The van der Waals surface area contributed by atoms with Gasteiger partial charge in [0.05, 0.1) is 17.4 Å². The van der Waals surface area contributed by atoms with Crippen LogP contribution in [0.25, 0.3) is 33.8 Å². The normalized spacial score (nSPS) is 16.1. The average molecular weight is 446 g/mol. The van der Waals surface area contributed by atoms with E-state index >= 15 is 0 Å². The maximum Gasteiger partial charge on any atom is 0.253 e. The van der Waals surface area contributed by atoms with Crippen molar-refractivity contribution in [2.75, 3.05) is 32.9 Å². The maximum atomic E-state index is 14.1. The first-order valence-electron chi connectivity index (χ1n) is 10.7. The lowest BCUT2D eigenvalue weighted by molar-refractivity contribution is 0.0783. The number of likely N-dealkylation sites (N-methyl/N-ethyl adjacent to an activating group) is 1. The van der Waals surface area contributed by atoms with Crippen LogP contribution in [0, 0.1) is 5.82 Å². The van der Waals surface area contributed by atoms with Crippen molar-refractivity contribution in [2.24, 2.45) is 0 Å². The van der Waals surface area contributed by atoms with Gasteiger partial charge in [-0.05, 0) is 44.8 Å². The summed E-state index contributed by atoms with van der Waals surface area (Å²) < 4.78 is 14.1. The van der Waals surface area contributed by atoms with Crippen LogP contribution in [0.15, 0.2) is 48.7 Å². The number of likely N-dealkylation sites (tertiary alicyclic amines) is 1. The number of carbonyl (C=O) groups is 1. The van der Waals surface area contributed by atoms with Crippen LogP contribution >= 0.6 is 0 Å². The third kappa shape index (κ3) is 3.91. The minimum absolute atomic E-state index is 0.0271. The number of nitrogens with zero attached hydrogens (tertiary/aromatic N) is 5. The Balaban J connectivity index is 1.41. The minimum Gasteiger partial charge on any atom is -0.382 e. The summed E-state index contributed by atoms with van der Waals surface area (Å²) in [5, 5.41) is 0. The molecule has 1 aliphatic rings. The molecule has 3 heterocycles. The fourth-order valence-corrected chi connectivity index (χ4v) is 4.13. The van der Waals surface area contributed by atoms with E-state index in [4.69, 9.17) is 5.73 Å². The number of H-pyrrole nitrogens is 1. The lowest BCUT2D eigenvalue weighted by Crippen LogP contribution is -2.34. The molecule has 1 saturated heterocycles. The van der Waals surface area contributed by atoms with Gasteiger partial charge in [0.1, 0.15) is 11.2 Å². The van der Waals surface area contributed by atoms with Crippen molar-refractivity contribution in [1.82, 2.24) is 29.7 Å². The Morgan fingerprint density at radius 2 is 1.97 bits per heavy atom. The number of nitrogens with one attached hydrogen (secondary N) is 1. The van der Waals surface area contributed by atoms with Gasteiger partial charge in [-0.1, -0.05) is 18.2 Å². The van der Waals surface area contributed by atoms with Gasteiger partial charge in [-0.25, -0.2) is 19.3 Å². The molecule has 0 bridgehead atoms. The van der Waals surface area contributed by atoms with E-state index < -0.39 is 5.82 Å². The van der Waals surface area contributed by atoms with Crippen LogP contribution in [0.4, 0.5) is 10.2 Å². The van der Waals surface area contributed by atoms with E-state index in [-0.39, 0.29) is 17.2 Å². The minimum atomic E-state index is -0.423. The van der Waals surface area contributed by atoms with Gasteiger partial charge in [-0.15, -0.1) is 0 Å². The van der Waals surface area contributed by atoms with Crippen molar-refractivity contribution in [3.63, 3.8) is 0 Å². The molecule has 8 nitrogen and oxygen atoms in total. The molecular weight excluding hydrogens is 421 g/mol. The standard InChI is InChI=1S/C24H24FN7O/c1-31(2)16-10-11-32(13-16)24(33)15-8-6-14(7-9-15)19-12-27-22(26)21(28-19)23-29-18-5-3-4-17(25)20(18)30-23/h3-9,12,16H,10-11,13H2,1-2H3,(H2,26,27)(H,29,30)/t16-/m0/s1. The van der Waals surface area contributed by atoms with Crippen LogP contribution in [0.2, 0.25) is 0 Å². The second-order valence-corrected chi connectivity index (χ2v) is 8.45. The number of imidazole rings is 1. The van der Waals surface area contributed by atoms with Gasteiger partial charge in [0.25, 0.3) is 5.91 Å². The number of halogens is 1. The second kappa shape index (κ2) is 8.25. The van der Waals surface area contributed by atoms with Crippen molar-refractivity contribution in [3.05, 3.63) is 60.0 Å². The van der Waals surface area contributed by atoms with Crippen LogP contribution in [-0.4, -0.2) is 68.9 Å². The SMILES string of the molecule is CN(C)[C@H]1CCN(C(=O)c2ccc(-c3cnc(N)c(-c4nc5c(F)cccc5[nH]4)n3)cc2)C1. The highest BCUT2D eigenvalue weighted by Crippen LogP contribution is 2.27. The van der Waals surface area contributed by atoms with Gasteiger partial charge in [0.2, 0.25) is 0 Å². The third-order valence-corrected chi connectivity index (χ3v) is 6.10. The number of nitrogens with two attached hydrogens (primary N) is 1. The summed E-state index contributed by atoms with van der Waals surface area (Å²) in [7, 11) is 4.08. The first-order chi connectivity index (χ1) is 15.9. The molecule has 5 rings (SSSR count). The molecule has 0 unspecified atom stereocenters. The molecule has 1 atom stereocenters. The number of hydrogen-bond donors (Lipinski definition) is 2. The molecule has 3 N–H and O–H groups in total. The average Bonchev–Trinajstić information content (AvgIpc) is 3.48. The zero-order valence-corrected chi connectivity index (χ0v) is 18.4. The summed E-state index contributed by atoms with van der Waals surface area (Å²) in [6.45, 7) is 1.49. The molecular formula is C24H24FN7O. The van der Waals surface area contributed by atoms with Crippen LogP contribution in [0.1, 0.15) is 16.8 Å². The highest BCUT2D eigenvalue weighted by atomic mass is 19.1. The van der Waals surface area contributed by atoms with E-state index in [1.165, 1.54) is 6.07 Å². The van der Waals surface area contributed by atoms with Crippen molar-refractivity contribution in [3.8, 4) is 22.8 Å². The zero-order valence-electron chi connectivity index (χ0n) is 18.4. The molecule has 1 fully saturated rings. The quantitative estimate of drug-likeness (QED) is 0.500. The Hall–Kier alpha value is -3.85. The Kier molecular flexibility index (Phi) is 5.26. The molecule has 1 aliphatic heterocycles. The fourth-order valence-electron chi connectivity index (χ4n) is 4.13. The maximum absolute atomic E-state index is 14.1. The van der Waals surface area contributed by atoms with E-state index in [2.05, 4.69) is 24.8 Å². The zero-order chi connectivity index (χ0) is 23.1. The van der Waals surface area contributed by atoms with Crippen LogP contribution in [-0.2, 0) is 0 Å². The second-order valence-electron chi connectivity index (χ2n) is 8.45. The van der Waals surface area contributed by atoms with Gasteiger partial charge in [0, 0.05) is 30.3 Å². The van der Waals surface area contributed by atoms with Crippen LogP contribution in [0.3, 0.4) is 0 Å². The predicted molar refractivity (Wildman–Crippen MR) is 125 cm³/mol. The number of amides is 1. The molecule has 2 aromatic carbocycles. The number of aromatic amines is 1. The summed E-state index contributed by atoms with van der Waals surface area (Å²) >= 11 is 0. The highest BCUT2D eigenvalue weighted by molar-refractivity contribution is 5.95. The molecule has 168 valence electrons. The number of carbonyl (C=O) groups excluding carboxylic acids is 1. The fraction of sp³-hybridized carbons (Fsp3) is 0.250. The molecule has 0 spiro atoms. The van der Waals surface area contributed by atoms with Crippen molar-refractivity contribution >= 4 is 22.8 Å². The summed E-state index contributed by atoms with van der Waals surface area (Å²) in [4.78, 5) is 33.2. The number of rotatable bonds is 4. The number of hydrogen-bond acceptors (Lipinski definition) is 6. The van der Waals surface area contributed by atoms with Gasteiger partial charge >= 0.3 is 0 Å². The lowest BCUT2D eigenvalue weighted by Gasteiger charge is -2.20. The van der Waals surface area contributed by atoms with Crippen molar-refractivity contribution in [1.29, 1.82) is 0 Å². The van der Waals surface area contributed by atoms with E-state index in [9.17, 15) is 9.18 Å². The molecule has 0 saturated carbocycles. The summed E-state index contributed by atoms with van der Waals surface area (Å²) in [6.07, 6.45) is 2.55. The van der Waals surface area contributed by atoms with Crippen molar-refractivity contribution in [2.45, 2.75) is 12.5 Å². The number of benzene rings is 2. The monoisotopic (exact) mass is 445 g/mol. The Bertz CT molecular complexity index is 1330. The van der Waals surface area contributed by atoms with E-state index in [0.717, 1.165) is 25.1 Å². The Morgan fingerprint density at radius 1 is 1.18 bits per heavy atom. The first-order valence-corrected chi connectivity index (χ1v) is 10.7. The topological polar surface area (TPSA) is 104 Å². The van der Waals surface area contributed by atoms with Gasteiger partial charge in [-0.2, -0.15) is 0 Å². The molecule has 1 amide bonds. The van der Waals surface area contributed by atoms with Crippen LogP contribution in [0.5, 0.6) is 0 Å². The predicted octanol–water partition coefficient (Wildman–Crippen LogP) is 3.18. The molecule has 4 aromatic rings. The highest BCUT2D eigenvalue weighted by Gasteiger charge is 2.28. The molecule has 2 aromatic heterocycles. The number of para-hydroxylation sites is 1. The van der Waals surface area contributed by atoms with Crippen molar-refractivity contribution < 1.29 is 9.18 Å². The van der Waals surface area contributed by atoms with E-state index in [1.54, 1.807) is 30.5 Å². The van der Waals surface area contributed by atoms with Gasteiger partial charge in [-0.3, -0.25) is 4.79 Å². The van der Waals surface area contributed by atoms with Gasteiger partial charge < -0.3 is 20.5 Å². The summed E-state index contributed by atoms with van der Waals surface area (Å²) in [5.41, 5.74) is 9.16. The molecule has 9 heteroatoms. The largest absolute Gasteiger partial charge is 0.382 e. The first kappa shape index (κ1) is 21.0. The number of anilines is 1. The van der Waals surface area contributed by atoms with E-state index in [0.29, 0.717) is 34.3 Å². The Morgan fingerprint density at radius 3 is 2.67 bits per heavy atom. The number of nitrogen functional groups attached to an aromatic ring is 1. The molecule has 33 heavy (non-hydrogen) atoms. The number of fused-ring (bicyclic) bond motifs is 1. The number of aromatic nitrogens is 4. The third-order valence-electron chi connectivity index (χ3n) is 6.10. The molecule has 0 radical (unpaired) electrons. The lowest BCUT2D eigenvalue weighted by atomic mass is 10.1. The van der Waals surface area contributed by atoms with Crippen LogP contribution < -0.4 is 5.73 Å². The smallest absolute Gasteiger partial charge is 0.253 e. The summed E-state index contributed by atoms with van der Waals surface area (Å²) in [5.74, 6) is 0.139. The molecule has 0 aliphatic carbocycles. The Labute approximate surface area is 190 Å². The van der Waals surface area contributed by atoms with E-state index in [1.807, 2.05) is 31.1 Å². The van der Waals surface area contributed by atoms with Gasteiger partial charge in [0.15, 0.2) is 17.5 Å².